The Labute approximate surface area is 127 Å². The average molecular weight is 312 g/mol. The molecule has 0 atom stereocenters. The highest BCUT2D eigenvalue weighted by Gasteiger charge is 2.24. The molecule has 0 saturated carbocycles. The summed E-state index contributed by atoms with van der Waals surface area (Å²) in [5.74, 6) is 0.721. The number of hydrogen-bond acceptors (Lipinski definition) is 6. The van der Waals surface area contributed by atoms with E-state index in [9.17, 15) is 9.59 Å². The lowest BCUT2D eigenvalue weighted by atomic mass is 10.2. The highest BCUT2D eigenvalue weighted by molar-refractivity contribution is 7.07. The van der Waals surface area contributed by atoms with Crippen molar-refractivity contribution in [2.45, 2.75) is 32.9 Å². The Hall–Kier alpha value is -1.83. The molecule has 1 aromatic rings. The van der Waals surface area contributed by atoms with E-state index in [0.29, 0.717) is 26.2 Å². The van der Waals surface area contributed by atoms with E-state index < -0.39 is 5.60 Å². The quantitative estimate of drug-likeness (QED) is 0.858. The predicted octanol–water partition coefficient (Wildman–Crippen LogP) is 1.18. The molecular formula is C13H20N4O3S. The third-order valence-electron chi connectivity index (χ3n) is 2.72. The number of aliphatic imine (C=N–C) groups is 1. The van der Waals surface area contributed by atoms with Gasteiger partial charge in [-0.05, 0) is 20.8 Å². The van der Waals surface area contributed by atoms with Gasteiger partial charge < -0.3 is 15.0 Å². The van der Waals surface area contributed by atoms with E-state index in [1.807, 2.05) is 20.8 Å². The Morgan fingerprint density at radius 1 is 1.57 bits per heavy atom. The van der Waals surface area contributed by atoms with Crippen LogP contribution in [0.15, 0.2) is 15.2 Å². The van der Waals surface area contributed by atoms with Gasteiger partial charge in [-0.1, -0.05) is 11.3 Å². The largest absolute Gasteiger partial charge is 0.444 e. The molecule has 2 N–H and O–H groups in total. The smallest absolute Gasteiger partial charge is 0.410 e. The van der Waals surface area contributed by atoms with Gasteiger partial charge in [0.15, 0.2) is 0 Å². The lowest BCUT2D eigenvalue weighted by Crippen LogP contribution is -2.47. The summed E-state index contributed by atoms with van der Waals surface area (Å²) in [6.07, 6.45) is -0.333. The summed E-state index contributed by atoms with van der Waals surface area (Å²) in [6, 6.07) is 0. The van der Waals surface area contributed by atoms with Gasteiger partial charge in [0.2, 0.25) is 0 Å². The number of amides is 1. The highest BCUT2D eigenvalue weighted by atomic mass is 32.1. The van der Waals surface area contributed by atoms with E-state index in [1.165, 1.54) is 0 Å². The number of aromatic amines is 1. The first-order chi connectivity index (χ1) is 9.83. The molecule has 0 saturated heterocycles. The second-order valence-electron chi connectivity index (χ2n) is 5.76. The van der Waals surface area contributed by atoms with Crippen molar-refractivity contribution in [1.82, 2.24) is 15.2 Å². The van der Waals surface area contributed by atoms with Crippen molar-refractivity contribution in [1.29, 1.82) is 0 Å². The van der Waals surface area contributed by atoms with E-state index in [2.05, 4.69) is 15.3 Å². The fourth-order valence-electron chi connectivity index (χ4n) is 1.81. The van der Waals surface area contributed by atoms with Gasteiger partial charge in [0.1, 0.15) is 11.4 Å². The topological polar surface area (TPSA) is 86.8 Å². The first kappa shape index (κ1) is 15.6. The van der Waals surface area contributed by atoms with Crippen LogP contribution >= 0.6 is 11.3 Å². The van der Waals surface area contributed by atoms with Crippen molar-refractivity contribution in [2.24, 2.45) is 4.99 Å². The van der Waals surface area contributed by atoms with Crippen LogP contribution in [0, 0.1) is 0 Å². The number of hydrogen-bond donors (Lipinski definition) is 2. The summed E-state index contributed by atoms with van der Waals surface area (Å²) in [6.45, 7) is 7.50. The molecule has 21 heavy (non-hydrogen) atoms. The normalized spacial score (nSPS) is 15.6. The number of rotatable bonds is 2. The number of amidine groups is 1. The maximum absolute atomic E-state index is 12.0. The predicted molar refractivity (Wildman–Crippen MR) is 81.9 cm³/mol. The second-order valence-corrected chi connectivity index (χ2v) is 6.60. The molecule has 0 fully saturated rings. The number of thiazole rings is 1. The molecule has 1 aliphatic rings. The summed E-state index contributed by atoms with van der Waals surface area (Å²) in [5.41, 5.74) is 0.303. The summed E-state index contributed by atoms with van der Waals surface area (Å²) < 4.78 is 5.35. The van der Waals surface area contributed by atoms with Crippen LogP contribution in [0.2, 0.25) is 0 Å². The van der Waals surface area contributed by atoms with E-state index in [1.54, 1.807) is 10.3 Å². The minimum atomic E-state index is -0.505. The van der Waals surface area contributed by atoms with Gasteiger partial charge in [-0.3, -0.25) is 14.7 Å². The van der Waals surface area contributed by atoms with Crippen LogP contribution < -0.4 is 10.2 Å². The summed E-state index contributed by atoms with van der Waals surface area (Å²) in [5, 5.41) is 4.90. The second kappa shape index (κ2) is 6.30. The standard InChI is InChI=1S/C13H20N4O3S/c1-13(2,3)20-12(19)17-5-4-14-10(7-17)15-6-9-8-21-11(18)16-9/h8H,4-7H2,1-3H3,(H,14,15)(H,16,18). The van der Waals surface area contributed by atoms with E-state index >= 15 is 0 Å². The van der Waals surface area contributed by atoms with E-state index in [4.69, 9.17) is 4.74 Å². The fourth-order valence-corrected chi connectivity index (χ4v) is 2.39. The minimum absolute atomic E-state index is 0.0761. The molecule has 1 aromatic heterocycles. The third kappa shape index (κ3) is 4.89. The molecule has 0 aliphatic carbocycles. The Morgan fingerprint density at radius 3 is 2.95 bits per heavy atom. The van der Waals surface area contributed by atoms with Crippen molar-refractivity contribution in [3.8, 4) is 0 Å². The highest BCUT2D eigenvalue weighted by Crippen LogP contribution is 2.11. The first-order valence-electron chi connectivity index (χ1n) is 6.75. The maximum atomic E-state index is 12.0. The molecule has 0 spiro atoms. The third-order valence-corrected chi connectivity index (χ3v) is 3.44. The van der Waals surface area contributed by atoms with Crippen molar-refractivity contribution in [3.05, 3.63) is 20.7 Å². The van der Waals surface area contributed by atoms with Gasteiger partial charge in [-0.25, -0.2) is 4.79 Å². The van der Waals surface area contributed by atoms with Crippen LogP contribution in [-0.4, -0.2) is 47.0 Å². The van der Waals surface area contributed by atoms with Crippen molar-refractivity contribution < 1.29 is 9.53 Å². The molecule has 0 aromatic carbocycles. The van der Waals surface area contributed by atoms with Crippen molar-refractivity contribution in [3.63, 3.8) is 0 Å². The molecule has 8 heteroatoms. The molecule has 0 bridgehead atoms. The summed E-state index contributed by atoms with van der Waals surface area (Å²) >= 11 is 1.13. The van der Waals surface area contributed by atoms with Crippen LogP contribution in [0.25, 0.3) is 0 Å². The van der Waals surface area contributed by atoms with Gasteiger partial charge in [-0.15, -0.1) is 0 Å². The minimum Gasteiger partial charge on any atom is -0.444 e. The number of H-pyrrole nitrogens is 1. The first-order valence-corrected chi connectivity index (χ1v) is 7.63. The van der Waals surface area contributed by atoms with Gasteiger partial charge in [0.25, 0.3) is 0 Å². The number of nitrogens with one attached hydrogen (secondary N) is 2. The van der Waals surface area contributed by atoms with Gasteiger partial charge in [0, 0.05) is 17.6 Å². The zero-order valence-electron chi connectivity index (χ0n) is 12.4. The molecule has 2 rings (SSSR count). The zero-order valence-corrected chi connectivity index (χ0v) is 13.2. The molecular weight excluding hydrogens is 292 g/mol. The zero-order chi connectivity index (χ0) is 15.5. The number of nitrogens with zero attached hydrogens (tertiary/aromatic N) is 2. The van der Waals surface area contributed by atoms with E-state index in [0.717, 1.165) is 22.9 Å². The number of aromatic nitrogens is 1. The van der Waals surface area contributed by atoms with Crippen LogP contribution in [0.5, 0.6) is 0 Å². The average Bonchev–Trinajstić information content (AvgIpc) is 2.81. The molecule has 1 aliphatic heterocycles. The Kier molecular flexibility index (Phi) is 4.66. The van der Waals surface area contributed by atoms with Crippen molar-refractivity contribution in [2.75, 3.05) is 19.6 Å². The summed E-state index contributed by atoms with van der Waals surface area (Å²) in [7, 11) is 0. The number of ether oxygens (including phenoxy) is 1. The molecule has 7 nitrogen and oxygen atoms in total. The SMILES string of the molecule is CC(C)(C)OC(=O)N1CCN=C(NCc2csc(=O)[nH]2)C1. The fraction of sp³-hybridized carbons (Fsp3) is 0.615. The van der Waals surface area contributed by atoms with Crippen LogP contribution in [0.3, 0.4) is 0 Å². The molecule has 116 valence electrons. The van der Waals surface area contributed by atoms with Gasteiger partial charge in [0.05, 0.1) is 19.6 Å². The monoisotopic (exact) mass is 312 g/mol. The molecule has 0 unspecified atom stereocenters. The summed E-state index contributed by atoms with van der Waals surface area (Å²) in [4.78, 5) is 31.7. The molecule has 1 amide bonds. The van der Waals surface area contributed by atoms with Gasteiger partial charge in [-0.2, -0.15) is 0 Å². The molecule has 0 radical (unpaired) electrons. The number of carbonyl (C=O) groups excluding carboxylic acids is 1. The number of carbonyl (C=O) groups is 1. The Bertz CT molecular complexity index is 585. The lowest BCUT2D eigenvalue weighted by Gasteiger charge is -2.29. The Morgan fingerprint density at radius 2 is 2.33 bits per heavy atom. The van der Waals surface area contributed by atoms with E-state index in [-0.39, 0.29) is 11.0 Å². The van der Waals surface area contributed by atoms with Crippen LogP contribution in [0.4, 0.5) is 4.79 Å². The maximum Gasteiger partial charge on any atom is 0.410 e. The van der Waals surface area contributed by atoms with Crippen LogP contribution in [0.1, 0.15) is 26.5 Å². The van der Waals surface area contributed by atoms with Gasteiger partial charge >= 0.3 is 11.0 Å². The van der Waals surface area contributed by atoms with Crippen molar-refractivity contribution >= 4 is 23.3 Å². The lowest BCUT2D eigenvalue weighted by molar-refractivity contribution is 0.0276. The Balaban J connectivity index is 1.87. The molecule has 2 heterocycles. The van der Waals surface area contributed by atoms with Crippen LogP contribution in [-0.2, 0) is 11.3 Å².